The van der Waals surface area contributed by atoms with E-state index >= 15 is 0 Å². The van der Waals surface area contributed by atoms with Crippen LogP contribution in [0.1, 0.15) is 17.0 Å². The zero-order valence-electron chi connectivity index (χ0n) is 10.4. The molecule has 0 aliphatic carbocycles. The van der Waals surface area contributed by atoms with Crippen molar-refractivity contribution in [1.29, 1.82) is 0 Å². The first-order valence-electron chi connectivity index (χ1n) is 5.54. The maximum absolute atomic E-state index is 12.6. The largest absolute Gasteiger partial charge is 0.438 e. The zero-order valence-corrected chi connectivity index (χ0v) is 10.4. The number of hydrogen-bond donors (Lipinski definition) is 0. The van der Waals surface area contributed by atoms with Crippen LogP contribution in [0.15, 0.2) is 28.7 Å². The van der Waals surface area contributed by atoms with Crippen LogP contribution in [0.5, 0.6) is 0 Å². The van der Waals surface area contributed by atoms with Crippen molar-refractivity contribution in [3.8, 4) is 11.5 Å². The number of oxazole rings is 1. The van der Waals surface area contributed by atoms with Gasteiger partial charge in [0.1, 0.15) is 6.61 Å². The summed E-state index contributed by atoms with van der Waals surface area (Å²) < 4.78 is 48.2. The normalized spacial score (nSPS) is 11.8. The lowest BCUT2D eigenvalue weighted by atomic mass is 10.1. The van der Waals surface area contributed by atoms with Crippen LogP contribution in [0, 0.1) is 6.92 Å². The minimum atomic E-state index is -4.38. The highest BCUT2D eigenvalue weighted by molar-refractivity contribution is 5.55. The molecule has 0 atom stereocenters. The Balaban J connectivity index is 2.39. The second-order valence-corrected chi connectivity index (χ2v) is 4.04. The van der Waals surface area contributed by atoms with Crippen molar-refractivity contribution in [3.63, 3.8) is 0 Å². The van der Waals surface area contributed by atoms with Gasteiger partial charge in [0.25, 0.3) is 0 Å². The molecule has 0 fully saturated rings. The molecular formula is C13H12F3NO2. The number of aromatic nitrogens is 1. The lowest BCUT2D eigenvalue weighted by Gasteiger charge is -2.06. The van der Waals surface area contributed by atoms with Gasteiger partial charge in [-0.05, 0) is 25.1 Å². The molecule has 0 radical (unpaired) electrons. The maximum atomic E-state index is 12.6. The predicted molar refractivity (Wildman–Crippen MR) is 62.4 cm³/mol. The molecule has 102 valence electrons. The van der Waals surface area contributed by atoms with Crippen molar-refractivity contribution in [2.75, 3.05) is 7.11 Å². The molecule has 0 saturated carbocycles. The Labute approximate surface area is 108 Å². The van der Waals surface area contributed by atoms with Gasteiger partial charge in [0, 0.05) is 12.7 Å². The molecular weight excluding hydrogens is 259 g/mol. The first kappa shape index (κ1) is 13.6. The lowest BCUT2D eigenvalue weighted by molar-refractivity contribution is -0.137. The third kappa shape index (κ3) is 2.96. The predicted octanol–water partition coefficient (Wildman–Crippen LogP) is 3.82. The summed E-state index contributed by atoms with van der Waals surface area (Å²) in [5, 5.41) is 0. The van der Waals surface area contributed by atoms with Crippen LogP contribution in [-0.4, -0.2) is 12.1 Å². The standard InChI is InChI=1S/C13H12F3NO2/c1-8-11(7-18-2)19-12(17-8)9-4-3-5-10(6-9)13(14,15)16/h3-6H,7H2,1-2H3. The fraction of sp³-hybridized carbons (Fsp3) is 0.308. The van der Waals surface area contributed by atoms with E-state index in [4.69, 9.17) is 9.15 Å². The van der Waals surface area contributed by atoms with E-state index < -0.39 is 11.7 Å². The minimum absolute atomic E-state index is 0.163. The number of alkyl halides is 3. The summed E-state index contributed by atoms with van der Waals surface area (Å²) >= 11 is 0. The van der Waals surface area contributed by atoms with Gasteiger partial charge in [0.05, 0.1) is 11.3 Å². The van der Waals surface area contributed by atoms with Crippen molar-refractivity contribution >= 4 is 0 Å². The van der Waals surface area contributed by atoms with Crippen LogP contribution in [-0.2, 0) is 17.5 Å². The maximum Gasteiger partial charge on any atom is 0.416 e. The molecule has 0 saturated heterocycles. The van der Waals surface area contributed by atoms with Gasteiger partial charge in [-0.25, -0.2) is 4.98 Å². The van der Waals surface area contributed by atoms with Gasteiger partial charge in [-0.3, -0.25) is 0 Å². The summed E-state index contributed by atoms with van der Waals surface area (Å²) in [6, 6.07) is 4.88. The molecule has 3 nitrogen and oxygen atoms in total. The van der Waals surface area contributed by atoms with Gasteiger partial charge in [-0.15, -0.1) is 0 Å². The van der Waals surface area contributed by atoms with Gasteiger partial charge in [0.2, 0.25) is 5.89 Å². The monoisotopic (exact) mass is 271 g/mol. The molecule has 0 amide bonds. The molecule has 19 heavy (non-hydrogen) atoms. The van der Waals surface area contributed by atoms with Crippen LogP contribution in [0.3, 0.4) is 0 Å². The average molecular weight is 271 g/mol. The second-order valence-electron chi connectivity index (χ2n) is 4.04. The number of rotatable bonds is 3. The van der Waals surface area contributed by atoms with E-state index in [1.54, 1.807) is 6.92 Å². The molecule has 0 bridgehead atoms. The zero-order chi connectivity index (χ0) is 14.0. The summed E-state index contributed by atoms with van der Waals surface area (Å²) in [6.07, 6.45) is -4.38. The summed E-state index contributed by atoms with van der Waals surface area (Å²) in [5.41, 5.74) is 0.170. The molecule has 0 aliphatic rings. The van der Waals surface area contributed by atoms with Gasteiger partial charge in [-0.2, -0.15) is 13.2 Å². The molecule has 0 unspecified atom stereocenters. The molecule has 1 aromatic carbocycles. The Hall–Kier alpha value is -1.82. The molecule has 2 rings (SSSR count). The molecule has 1 heterocycles. The Morgan fingerprint density at radius 1 is 1.32 bits per heavy atom. The van der Waals surface area contributed by atoms with Crippen molar-refractivity contribution in [2.24, 2.45) is 0 Å². The van der Waals surface area contributed by atoms with E-state index in [1.807, 2.05) is 0 Å². The van der Waals surface area contributed by atoms with Gasteiger partial charge >= 0.3 is 6.18 Å². The Bertz CT molecular complexity index is 576. The van der Waals surface area contributed by atoms with E-state index in [9.17, 15) is 13.2 Å². The first-order chi connectivity index (χ1) is 8.91. The van der Waals surface area contributed by atoms with E-state index in [1.165, 1.54) is 19.2 Å². The molecule has 2 aromatic rings. The molecule has 1 aromatic heterocycles. The summed E-state index contributed by atoms with van der Waals surface area (Å²) in [7, 11) is 1.51. The molecule has 0 spiro atoms. The number of aryl methyl sites for hydroxylation is 1. The van der Waals surface area contributed by atoms with Crippen LogP contribution >= 0.6 is 0 Å². The average Bonchev–Trinajstić information content (AvgIpc) is 2.71. The second kappa shape index (κ2) is 5.05. The van der Waals surface area contributed by atoms with Gasteiger partial charge < -0.3 is 9.15 Å². The summed E-state index contributed by atoms with van der Waals surface area (Å²) in [5.74, 6) is 0.672. The van der Waals surface area contributed by atoms with Crippen molar-refractivity contribution in [2.45, 2.75) is 19.7 Å². The lowest BCUT2D eigenvalue weighted by Crippen LogP contribution is -2.04. The minimum Gasteiger partial charge on any atom is -0.438 e. The van der Waals surface area contributed by atoms with E-state index in [0.29, 0.717) is 17.0 Å². The highest BCUT2D eigenvalue weighted by Crippen LogP contribution is 2.32. The fourth-order valence-corrected chi connectivity index (χ4v) is 1.65. The molecule has 6 heteroatoms. The number of benzene rings is 1. The third-order valence-corrected chi connectivity index (χ3v) is 2.60. The number of halogens is 3. The number of hydrogen-bond acceptors (Lipinski definition) is 3. The van der Waals surface area contributed by atoms with Gasteiger partial charge in [-0.1, -0.05) is 6.07 Å². The van der Waals surface area contributed by atoms with Gasteiger partial charge in [0.15, 0.2) is 5.76 Å². The Morgan fingerprint density at radius 3 is 2.68 bits per heavy atom. The van der Waals surface area contributed by atoms with Crippen molar-refractivity contribution < 1.29 is 22.3 Å². The molecule has 0 N–H and O–H groups in total. The topological polar surface area (TPSA) is 35.3 Å². The summed E-state index contributed by atoms with van der Waals surface area (Å²) in [6.45, 7) is 1.95. The van der Waals surface area contributed by atoms with Crippen LogP contribution in [0.25, 0.3) is 11.5 Å². The first-order valence-corrected chi connectivity index (χ1v) is 5.54. The smallest absolute Gasteiger partial charge is 0.416 e. The van der Waals surface area contributed by atoms with E-state index in [2.05, 4.69) is 4.98 Å². The Kier molecular flexibility index (Phi) is 3.61. The highest BCUT2D eigenvalue weighted by atomic mass is 19.4. The highest BCUT2D eigenvalue weighted by Gasteiger charge is 2.30. The molecule has 0 aliphatic heterocycles. The Morgan fingerprint density at radius 2 is 2.05 bits per heavy atom. The number of methoxy groups -OCH3 is 1. The fourth-order valence-electron chi connectivity index (χ4n) is 1.65. The van der Waals surface area contributed by atoms with Crippen LogP contribution in [0.4, 0.5) is 13.2 Å². The van der Waals surface area contributed by atoms with Crippen LogP contribution < -0.4 is 0 Å². The van der Waals surface area contributed by atoms with Crippen molar-refractivity contribution in [1.82, 2.24) is 4.98 Å². The summed E-state index contributed by atoms with van der Waals surface area (Å²) in [4.78, 5) is 4.11. The number of nitrogens with zero attached hydrogens (tertiary/aromatic N) is 1. The number of ether oxygens (including phenoxy) is 1. The SMILES string of the molecule is COCc1oc(-c2cccc(C(F)(F)F)c2)nc1C. The third-order valence-electron chi connectivity index (χ3n) is 2.60. The van der Waals surface area contributed by atoms with Crippen molar-refractivity contribution in [3.05, 3.63) is 41.3 Å². The van der Waals surface area contributed by atoms with E-state index in [-0.39, 0.29) is 12.5 Å². The quantitative estimate of drug-likeness (QED) is 0.851. The van der Waals surface area contributed by atoms with E-state index in [0.717, 1.165) is 12.1 Å². The van der Waals surface area contributed by atoms with Crippen LogP contribution in [0.2, 0.25) is 0 Å².